The first-order valence-electron chi connectivity index (χ1n) is 11.2. The van der Waals surface area contributed by atoms with Crippen LogP contribution in [0.15, 0.2) is 78.1 Å². The molecule has 0 fully saturated rings. The van der Waals surface area contributed by atoms with Crippen LogP contribution >= 0.6 is 0 Å². The van der Waals surface area contributed by atoms with Crippen molar-refractivity contribution >= 4 is 44.0 Å². The van der Waals surface area contributed by atoms with E-state index in [4.69, 9.17) is 4.74 Å². The number of ketones is 1. The van der Waals surface area contributed by atoms with Gasteiger partial charge in [-0.1, -0.05) is 24.3 Å². The lowest BCUT2D eigenvalue weighted by Gasteiger charge is -2.13. The van der Waals surface area contributed by atoms with Gasteiger partial charge in [-0.15, -0.1) is 0 Å². The summed E-state index contributed by atoms with van der Waals surface area (Å²) in [4.78, 5) is 23.8. The molecule has 2 aromatic heterocycles. The molecule has 0 spiro atoms. The first kappa shape index (κ1) is 25.7. The van der Waals surface area contributed by atoms with Gasteiger partial charge in [-0.05, 0) is 36.4 Å². The molecular weight excluding hydrogens is 535 g/mol. The van der Waals surface area contributed by atoms with E-state index in [2.05, 4.69) is 20.3 Å². The highest BCUT2D eigenvalue weighted by Gasteiger charge is 2.28. The summed E-state index contributed by atoms with van der Waals surface area (Å²) in [5, 5.41) is 3.16. The van der Waals surface area contributed by atoms with Crippen LogP contribution in [0.4, 0.5) is 30.4 Å². The van der Waals surface area contributed by atoms with E-state index in [9.17, 15) is 22.0 Å². The topological polar surface area (TPSA) is 126 Å². The number of halogens is 3. The van der Waals surface area contributed by atoms with Crippen molar-refractivity contribution in [1.29, 1.82) is 0 Å². The number of nitrogens with zero attached hydrogens (tertiary/aromatic N) is 2. The quantitative estimate of drug-likeness (QED) is 0.227. The Bertz CT molecular complexity index is 1840. The summed E-state index contributed by atoms with van der Waals surface area (Å²) in [6.45, 7) is 0. The molecule has 2 heterocycles. The van der Waals surface area contributed by atoms with E-state index >= 15 is 4.39 Å². The lowest BCUT2D eigenvalue weighted by atomic mass is 10.0. The molecule has 13 heteroatoms. The first-order chi connectivity index (χ1) is 18.7. The number of H-pyrrole nitrogens is 1. The average molecular weight is 554 g/mol. The standard InChI is InChI=1S/C26H18F3N5O4S/c1-38-19-8-4-3-7-17(19)33-26-21-14(12-30-25(21)31-13-32-26)24(35)22-16(28)10-11-18(23(22)29)34-39(36,37)20-9-5-2-6-15(20)27/h2-13,34H,1H3,(H2,30,31,32,33). The van der Waals surface area contributed by atoms with E-state index < -0.39 is 49.4 Å². The zero-order valence-corrected chi connectivity index (χ0v) is 20.8. The monoisotopic (exact) mass is 553 g/mol. The van der Waals surface area contributed by atoms with Crippen molar-refractivity contribution in [1.82, 2.24) is 15.0 Å². The molecule has 0 unspecified atom stereocenters. The molecule has 198 valence electrons. The molecule has 0 saturated heterocycles. The number of carbonyl (C=O) groups excluding carboxylic acids is 1. The smallest absolute Gasteiger partial charge is 0.264 e. The number of sulfonamides is 1. The van der Waals surface area contributed by atoms with E-state index in [1.54, 1.807) is 24.3 Å². The Morgan fingerprint density at radius 3 is 2.44 bits per heavy atom. The molecule has 39 heavy (non-hydrogen) atoms. The molecule has 0 bridgehead atoms. The molecule has 0 saturated carbocycles. The minimum absolute atomic E-state index is 0.129. The average Bonchev–Trinajstić information content (AvgIpc) is 3.36. The summed E-state index contributed by atoms with van der Waals surface area (Å²) in [5.74, 6) is -4.29. The van der Waals surface area contributed by atoms with Gasteiger partial charge in [0.1, 0.15) is 40.1 Å². The predicted octanol–water partition coefficient (Wildman–Crippen LogP) is 5.16. The van der Waals surface area contributed by atoms with Gasteiger partial charge in [0.15, 0.2) is 5.82 Å². The molecule has 9 nitrogen and oxygen atoms in total. The summed E-state index contributed by atoms with van der Waals surface area (Å²) in [7, 11) is -3.13. The Labute approximate surface area is 219 Å². The summed E-state index contributed by atoms with van der Waals surface area (Å²) in [6, 6.07) is 12.9. The van der Waals surface area contributed by atoms with E-state index in [-0.39, 0.29) is 22.4 Å². The van der Waals surface area contributed by atoms with Gasteiger partial charge in [-0.3, -0.25) is 9.52 Å². The second-order valence-corrected chi connectivity index (χ2v) is 9.77. The molecule has 3 aromatic carbocycles. The zero-order valence-electron chi connectivity index (χ0n) is 20.0. The normalized spacial score (nSPS) is 11.4. The maximum Gasteiger partial charge on any atom is 0.264 e. The van der Waals surface area contributed by atoms with Crippen molar-refractivity contribution in [2.24, 2.45) is 0 Å². The van der Waals surface area contributed by atoms with Crippen LogP contribution < -0.4 is 14.8 Å². The molecule has 0 aliphatic carbocycles. The second-order valence-electron chi connectivity index (χ2n) is 8.12. The van der Waals surface area contributed by atoms with Crippen LogP contribution in [-0.2, 0) is 10.0 Å². The predicted molar refractivity (Wildman–Crippen MR) is 137 cm³/mol. The van der Waals surface area contributed by atoms with Gasteiger partial charge < -0.3 is 15.0 Å². The zero-order chi connectivity index (χ0) is 27.7. The van der Waals surface area contributed by atoms with Gasteiger partial charge in [-0.25, -0.2) is 31.6 Å². The van der Waals surface area contributed by atoms with Gasteiger partial charge >= 0.3 is 0 Å². The van der Waals surface area contributed by atoms with Gasteiger partial charge in [0, 0.05) is 6.20 Å². The van der Waals surface area contributed by atoms with Crippen molar-refractivity contribution in [3.05, 3.63) is 102 Å². The van der Waals surface area contributed by atoms with E-state index in [0.717, 1.165) is 24.3 Å². The third-order valence-electron chi connectivity index (χ3n) is 5.76. The number of aromatic amines is 1. The van der Waals surface area contributed by atoms with Crippen LogP contribution in [-0.4, -0.2) is 36.3 Å². The fraction of sp³-hybridized carbons (Fsp3) is 0.0385. The minimum atomic E-state index is -4.61. The highest BCUT2D eigenvalue weighted by molar-refractivity contribution is 7.92. The summed E-state index contributed by atoms with van der Waals surface area (Å²) in [5.41, 5.74) is -1.26. The Morgan fingerprint density at radius 1 is 0.923 bits per heavy atom. The lowest BCUT2D eigenvalue weighted by molar-refractivity contribution is 0.103. The first-order valence-corrected chi connectivity index (χ1v) is 12.7. The van der Waals surface area contributed by atoms with Crippen molar-refractivity contribution in [3.63, 3.8) is 0 Å². The summed E-state index contributed by atoms with van der Waals surface area (Å²) >= 11 is 0. The number of carbonyl (C=O) groups is 1. The van der Waals surface area contributed by atoms with Crippen LogP contribution in [0.25, 0.3) is 11.0 Å². The SMILES string of the molecule is COc1ccccc1Nc1ncnc2[nH]cc(C(=O)c3c(F)ccc(NS(=O)(=O)c4ccccc4F)c3F)c12. The number of fused-ring (bicyclic) bond motifs is 1. The Balaban J connectivity index is 1.57. The summed E-state index contributed by atoms with van der Waals surface area (Å²) < 4.78 is 77.0. The fourth-order valence-corrected chi connectivity index (χ4v) is 5.09. The highest BCUT2D eigenvalue weighted by atomic mass is 32.2. The molecular formula is C26H18F3N5O4S. The Morgan fingerprint density at radius 2 is 1.67 bits per heavy atom. The lowest BCUT2D eigenvalue weighted by Crippen LogP contribution is -2.17. The largest absolute Gasteiger partial charge is 0.495 e. The van der Waals surface area contributed by atoms with Crippen LogP contribution in [0.1, 0.15) is 15.9 Å². The molecule has 0 radical (unpaired) electrons. The van der Waals surface area contributed by atoms with E-state index in [0.29, 0.717) is 11.4 Å². The van der Waals surface area contributed by atoms with Crippen LogP contribution in [0.5, 0.6) is 5.75 Å². The number of hydrogen-bond donors (Lipinski definition) is 3. The van der Waals surface area contributed by atoms with Crippen molar-refractivity contribution in [2.75, 3.05) is 17.1 Å². The van der Waals surface area contributed by atoms with Gasteiger partial charge in [-0.2, -0.15) is 0 Å². The number of para-hydroxylation sites is 2. The van der Waals surface area contributed by atoms with Crippen molar-refractivity contribution in [2.45, 2.75) is 4.90 Å². The number of aromatic nitrogens is 3. The number of methoxy groups -OCH3 is 1. The maximum atomic E-state index is 15.5. The summed E-state index contributed by atoms with van der Waals surface area (Å²) in [6.07, 6.45) is 2.44. The van der Waals surface area contributed by atoms with Crippen molar-refractivity contribution < 1.29 is 31.1 Å². The number of rotatable bonds is 8. The third-order valence-corrected chi connectivity index (χ3v) is 7.16. The molecule has 0 amide bonds. The number of anilines is 3. The molecule has 0 aliphatic heterocycles. The van der Waals surface area contributed by atoms with E-state index in [1.165, 1.54) is 31.8 Å². The third kappa shape index (κ3) is 4.75. The number of hydrogen-bond acceptors (Lipinski definition) is 7. The van der Waals surface area contributed by atoms with Crippen molar-refractivity contribution in [3.8, 4) is 5.75 Å². The Kier molecular flexibility index (Phi) is 6.66. The van der Waals surface area contributed by atoms with Crippen LogP contribution in [0.2, 0.25) is 0 Å². The maximum absolute atomic E-state index is 15.5. The molecule has 5 aromatic rings. The van der Waals surface area contributed by atoms with Gasteiger partial charge in [0.2, 0.25) is 5.78 Å². The van der Waals surface area contributed by atoms with Crippen LogP contribution in [0.3, 0.4) is 0 Å². The van der Waals surface area contributed by atoms with Crippen LogP contribution in [0, 0.1) is 17.5 Å². The molecule has 3 N–H and O–H groups in total. The number of benzene rings is 3. The Hall–Kier alpha value is -4.91. The molecule has 0 atom stereocenters. The molecule has 5 rings (SSSR count). The minimum Gasteiger partial charge on any atom is -0.495 e. The molecule has 0 aliphatic rings. The van der Waals surface area contributed by atoms with Gasteiger partial charge in [0.25, 0.3) is 10.0 Å². The fourth-order valence-electron chi connectivity index (χ4n) is 3.95. The van der Waals surface area contributed by atoms with Gasteiger partial charge in [0.05, 0.1) is 35.0 Å². The second kappa shape index (κ2) is 10.1. The van der Waals surface area contributed by atoms with E-state index in [1.807, 2.05) is 4.72 Å². The number of nitrogens with one attached hydrogen (secondary N) is 3. The number of ether oxygens (including phenoxy) is 1. The highest BCUT2D eigenvalue weighted by Crippen LogP contribution is 2.33.